The summed E-state index contributed by atoms with van der Waals surface area (Å²) in [7, 11) is 0. The molecule has 5 unspecified atom stereocenters. The van der Waals surface area contributed by atoms with E-state index in [1.807, 2.05) is 0 Å². The van der Waals surface area contributed by atoms with E-state index >= 15 is 0 Å². The molecule has 0 amide bonds. The van der Waals surface area contributed by atoms with Crippen LogP contribution in [0.15, 0.2) is 12.2 Å². The fraction of sp³-hybridized carbons (Fsp3) is 0.727. The molecule has 2 saturated heterocycles. The monoisotopic (exact) mass is 291 g/mol. The number of hydrogen-bond acceptors (Lipinski definition) is 7. The molecule has 19 heavy (non-hydrogen) atoms. The second-order valence-corrected chi connectivity index (χ2v) is 5.12. The number of carbonyl (C=O) groups is 1. The minimum atomic E-state index is -2.63. The molecule has 0 spiro atoms. The van der Waals surface area contributed by atoms with E-state index in [4.69, 9.17) is 18.4 Å². The largest absolute Gasteiger partial charge is 0.750 e. The third-order valence-corrected chi connectivity index (χ3v) is 3.51. The molecule has 7 nitrogen and oxygen atoms in total. The Hall–Kier alpha value is -0.800. The van der Waals surface area contributed by atoms with Crippen molar-refractivity contribution in [2.75, 3.05) is 6.79 Å². The highest BCUT2D eigenvalue weighted by molar-refractivity contribution is 7.74. The van der Waals surface area contributed by atoms with Crippen LogP contribution in [0.3, 0.4) is 0 Å². The molecule has 8 heteroatoms. The molecule has 2 heterocycles. The maximum Gasteiger partial charge on any atom is 0.335 e. The van der Waals surface area contributed by atoms with E-state index in [0.717, 1.165) is 12.8 Å². The molecule has 108 valence electrons. The fourth-order valence-electron chi connectivity index (χ4n) is 2.29. The van der Waals surface area contributed by atoms with Crippen LogP contribution in [0.25, 0.3) is 0 Å². The number of hydrogen-bond donors (Lipinski definition) is 0. The maximum atomic E-state index is 11.2. The SMILES string of the molecule is C=C(C)C(=O)OCOC1C2CCC(O2)C1OS(=O)[O-]. The average Bonchev–Trinajstić information content (AvgIpc) is 2.90. The predicted molar refractivity (Wildman–Crippen MR) is 62.3 cm³/mol. The van der Waals surface area contributed by atoms with E-state index < -0.39 is 29.5 Å². The van der Waals surface area contributed by atoms with Crippen molar-refractivity contribution in [3.63, 3.8) is 0 Å². The van der Waals surface area contributed by atoms with Gasteiger partial charge in [-0.25, -0.2) is 9.00 Å². The van der Waals surface area contributed by atoms with E-state index in [1.165, 1.54) is 6.92 Å². The lowest BCUT2D eigenvalue weighted by Gasteiger charge is -2.27. The Morgan fingerprint density at radius 1 is 1.42 bits per heavy atom. The van der Waals surface area contributed by atoms with E-state index in [9.17, 15) is 13.6 Å². The molecule has 5 atom stereocenters. The maximum absolute atomic E-state index is 11.2. The van der Waals surface area contributed by atoms with Gasteiger partial charge in [-0.1, -0.05) is 6.58 Å². The van der Waals surface area contributed by atoms with Gasteiger partial charge in [0.05, 0.1) is 23.6 Å². The molecule has 0 saturated carbocycles. The van der Waals surface area contributed by atoms with Crippen LogP contribution >= 0.6 is 0 Å². The number of ether oxygens (including phenoxy) is 3. The van der Waals surface area contributed by atoms with Gasteiger partial charge in [0.25, 0.3) is 0 Å². The second kappa shape index (κ2) is 6.10. The molecule has 0 aliphatic carbocycles. The molecule has 2 fully saturated rings. The summed E-state index contributed by atoms with van der Waals surface area (Å²) in [4.78, 5) is 11.2. The summed E-state index contributed by atoms with van der Waals surface area (Å²) in [5.41, 5.74) is 0.265. The number of esters is 1. The molecule has 0 N–H and O–H groups in total. The summed E-state index contributed by atoms with van der Waals surface area (Å²) >= 11 is -2.63. The lowest BCUT2D eigenvalue weighted by Crippen LogP contribution is -2.42. The van der Waals surface area contributed by atoms with Gasteiger partial charge in [0.1, 0.15) is 12.2 Å². The van der Waals surface area contributed by atoms with E-state index in [0.29, 0.717) is 0 Å². The van der Waals surface area contributed by atoms with Crippen LogP contribution in [0.5, 0.6) is 0 Å². The Morgan fingerprint density at radius 2 is 2.05 bits per heavy atom. The molecular weight excluding hydrogens is 276 g/mol. The van der Waals surface area contributed by atoms with Gasteiger partial charge in [0.15, 0.2) is 6.79 Å². The number of rotatable bonds is 6. The standard InChI is InChI=1S/C11H16O7S/c1-6(2)11(12)16-5-15-9-7-3-4-8(17-7)10(9)18-19(13)14/h7-10H,1,3-5H2,2H3,(H,13,14)/p-1. The van der Waals surface area contributed by atoms with Crippen LogP contribution in [0, 0.1) is 0 Å². The predicted octanol–water partition coefficient (Wildman–Crippen LogP) is 0.189. The lowest BCUT2D eigenvalue weighted by molar-refractivity contribution is -0.162. The molecule has 2 aliphatic rings. The molecule has 0 aromatic heterocycles. The Bertz CT molecular complexity index is 397. The summed E-state index contributed by atoms with van der Waals surface area (Å²) < 4.78 is 41.7. The van der Waals surface area contributed by atoms with Crippen LogP contribution in [0.1, 0.15) is 19.8 Å². The third-order valence-electron chi connectivity index (χ3n) is 3.13. The quantitative estimate of drug-likeness (QED) is 0.298. The van der Waals surface area contributed by atoms with Crippen LogP contribution in [0.4, 0.5) is 0 Å². The Labute approximate surface area is 113 Å². The average molecular weight is 291 g/mol. The smallest absolute Gasteiger partial charge is 0.335 e. The van der Waals surface area contributed by atoms with Crippen molar-refractivity contribution < 1.29 is 31.9 Å². The molecule has 0 aromatic carbocycles. The molecule has 2 aliphatic heterocycles. The summed E-state index contributed by atoms with van der Waals surface area (Å²) in [6.45, 7) is 4.68. The first-order valence-electron chi connectivity index (χ1n) is 5.85. The highest BCUT2D eigenvalue weighted by Crippen LogP contribution is 2.38. The topological polar surface area (TPSA) is 94.1 Å². The summed E-state index contributed by atoms with van der Waals surface area (Å²) in [6.07, 6.45) is -0.227. The van der Waals surface area contributed by atoms with Crippen molar-refractivity contribution in [3.05, 3.63) is 12.2 Å². The summed E-state index contributed by atoms with van der Waals surface area (Å²) in [5, 5.41) is 0. The first-order valence-corrected chi connectivity index (χ1v) is 6.85. The van der Waals surface area contributed by atoms with Crippen LogP contribution < -0.4 is 0 Å². The van der Waals surface area contributed by atoms with Gasteiger partial charge in [-0.2, -0.15) is 0 Å². The number of fused-ring (bicyclic) bond motifs is 2. The van der Waals surface area contributed by atoms with Gasteiger partial charge >= 0.3 is 5.97 Å². The van der Waals surface area contributed by atoms with Crippen molar-refractivity contribution in [3.8, 4) is 0 Å². The minimum absolute atomic E-state index is 0.220. The normalized spacial score (nSPS) is 34.2. The molecule has 2 bridgehead atoms. The van der Waals surface area contributed by atoms with E-state index in [-0.39, 0.29) is 24.6 Å². The van der Waals surface area contributed by atoms with Crippen LogP contribution in [-0.4, -0.2) is 45.9 Å². The molecular formula is C11H15O7S-. The molecule has 0 aromatic rings. The third kappa shape index (κ3) is 3.40. The zero-order valence-electron chi connectivity index (χ0n) is 10.4. The van der Waals surface area contributed by atoms with Gasteiger partial charge in [-0.05, 0) is 19.8 Å². The van der Waals surface area contributed by atoms with E-state index in [1.54, 1.807) is 0 Å². The van der Waals surface area contributed by atoms with Crippen LogP contribution in [0.2, 0.25) is 0 Å². The first kappa shape index (κ1) is 14.6. The van der Waals surface area contributed by atoms with Crippen molar-refractivity contribution in [1.29, 1.82) is 0 Å². The second-order valence-electron chi connectivity index (χ2n) is 4.52. The zero-order chi connectivity index (χ0) is 14.0. The first-order chi connectivity index (χ1) is 8.99. The van der Waals surface area contributed by atoms with Crippen molar-refractivity contribution >= 4 is 17.3 Å². The molecule has 2 rings (SSSR count). The van der Waals surface area contributed by atoms with Gasteiger partial charge in [0, 0.05) is 5.57 Å². The fourth-order valence-corrected chi connectivity index (χ4v) is 2.71. The number of carbonyl (C=O) groups excluding carboxylic acids is 1. The Morgan fingerprint density at radius 3 is 2.63 bits per heavy atom. The highest BCUT2D eigenvalue weighted by atomic mass is 32.2. The van der Waals surface area contributed by atoms with Gasteiger partial charge in [0.2, 0.25) is 0 Å². The Balaban J connectivity index is 1.85. The van der Waals surface area contributed by atoms with Gasteiger partial charge < -0.3 is 18.8 Å². The highest BCUT2D eigenvalue weighted by Gasteiger charge is 2.51. The summed E-state index contributed by atoms with van der Waals surface area (Å²) in [6, 6.07) is 0. The zero-order valence-corrected chi connectivity index (χ0v) is 11.2. The molecule has 0 radical (unpaired) electrons. The summed E-state index contributed by atoms with van der Waals surface area (Å²) in [5.74, 6) is -0.561. The lowest BCUT2D eigenvalue weighted by atomic mass is 9.95. The van der Waals surface area contributed by atoms with Gasteiger partial charge in [-0.3, -0.25) is 4.18 Å². The Kier molecular flexibility index (Phi) is 4.69. The van der Waals surface area contributed by atoms with Gasteiger partial charge in [-0.15, -0.1) is 0 Å². The minimum Gasteiger partial charge on any atom is -0.750 e. The van der Waals surface area contributed by atoms with Crippen molar-refractivity contribution in [2.45, 2.75) is 44.2 Å². The van der Waals surface area contributed by atoms with E-state index in [2.05, 4.69) is 6.58 Å². The van der Waals surface area contributed by atoms with Crippen molar-refractivity contribution in [1.82, 2.24) is 0 Å². The van der Waals surface area contributed by atoms with Crippen molar-refractivity contribution in [2.24, 2.45) is 0 Å². The van der Waals surface area contributed by atoms with Crippen LogP contribution in [-0.2, 0) is 34.5 Å².